The first-order valence-corrected chi connectivity index (χ1v) is 6.81. The molecule has 5 heteroatoms. The number of carbonyl (C=O) groups is 1. The SMILES string of the molecule is CC(C)(C)CC(Br)CNC(=O)c1cccc(=O)[nH]1. The quantitative estimate of drug-likeness (QED) is 0.838. The number of nitrogens with one attached hydrogen (secondary N) is 2. The lowest BCUT2D eigenvalue weighted by Gasteiger charge is -2.22. The van der Waals surface area contributed by atoms with Crippen LogP contribution in [0.3, 0.4) is 0 Å². The van der Waals surface area contributed by atoms with E-state index in [9.17, 15) is 9.59 Å². The Morgan fingerprint density at radius 2 is 2.11 bits per heavy atom. The summed E-state index contributed by atoms with van der Waals surface area (Å²) in [6.45, 7) is 6.99. The molecule has 1 unspecified atom stereocenters. The van der Waals surface area contributed by atoms with Crippen LogP contribution in [0.1, 0.15) is 37.7 Å². The minimum atomic E-state index is -0.271. The standard InChI is InChI=1S/C13H19BrN2O2/c1-13(2,3)7-9(14)8-15-12(18)10-5-4-6-11(17)16-10/h4-6,9H,7-8H2,1-3H3,(H,15,18)(H,16,17). The zero-order chi connectivity index (χ0) is 13.8. The van der Waals surface area contributed by atoms with Gasteiger partial charge < -0.3 is 10.3 Å². The highest BCUT2D eigenvalue weighted by atomic mass is 79.9. The van der Waals surface area contributed by atoms with Crippen molar-refractivity contribution in [3.05, 3.63) is 34.2 Å². The number of pyridine rings is 1. The summed E-state index contributed by atoms with van der Waals surface area (Å²) in [5.74, 6) is -0.258. The average Bonchev–Trinajstić information content (AvgIpc) is 2.23. The molecular formula is C13H19BrN2O2. The third-order valence-corrected chi connectivity index (χ3v) is 2.98. The van der Waals surface area contributed by atoms with E-state index in [2.05, 4.69) is 47.0 Å². The van der Waals surface area contributed by atoms with Crippen molar-refractivity contribution in [2.75, 3.05) is 6.54 Å². The second-order valence-corrected chi connectivity index (χ2v) is 6.80. The second kappa shape index (κ2) is 6.18. The molecule has 2 N–H and O–H groups in total. The second-order valence-electron chi connectivity index (χ2n) is 5.50. The molecule has 100 valence electrons. The van der Waals surface area contributed by atoms with Gasteiger partial charge in [-0.05, 0) is 17.9 Å². The van der Waals surface area contributed by atoms with Gasteiger partial charge in [0.2, 0.25) is 5.56 Å². The Hall–Kier alpha value is -1.10. The van der Waals surface area contributed by atoms with Crippen molar-refractivity contribution in [1.29, 1.82) is 0 Å². The fourth-order valence-electron chi connectivity index (χ4n) is 1.62. The summed E-state index contributed by atoms with van der Waals surface area (Å²) < 4.78 is 0. The third kappa shape index (κ3) is 5.49. The van der Waals surface area contributed by atoms with Crippen LogP contribution >= 0.6 is 15.9 Å². The summed E-state index contributed by atoms with van der Waals surface area (Å²) in [7, 11) is 0. The zero-order valence-corrected chi connectivity index (χ0v) is 12.5. The molecule has 18 heavy (non-hydrogen) atoms. The monoisotopic (exact) mass is 314 g/mol. The number of rotatable bonds is 4. The van der Waals surface area contributed by atoms with Crippen molar-refractivity contribution in [2.45, 2.75) is 32.0 Å². The molecule has 0 aliphatic heterocycles. The molecular weight excluding hydrogens is 296 g/mol. The van der Waals surface area contributed by atoms with Gasteiger partial charge in [-0.2, -0.15) is 0 Å². The predicted molar refractivity (Wildman–Crippen MR) is 76.2 cm³/mol. The molecule has 0 bridgehead atoms. The van der Waals surface area contributed by atoms with Gasteiger partial charge >= 0.3 is 0 Å². The molecule has 0 aromatic carbocycles. The van der Waals surface area contributed by atoms with Gasteiger partial charge in [-0.1, -0.05) is 42.8 Å². The van der Waals surface area contributed by atoms with Gasteiger partial charge in [-0.3, -0.25) is 9.59 Å². The van der Waals surface area contributed by atoms with E-state index in [0.29, 0.717) is 6.54 Å². The van der Waals surface area contributed by atoms with Crippen molar-refractivity contribution in [3.63, 3.8) is 0 Å². The molecule has 1 rings (SSSR count). The highest BCUT2D eigenvalue weighted by molar-refractivity contribution is 9.09. The minimum Gasteiger partial charge on any atom is -0.350 e. The molecule has 1 aromatic heterocycles. The van der Waals surface area contributed by atoms with Gasteiger partial charge in [0.1, 0.15) is 5.69 Å². The van der Waals surface area contributed by atoms with Crippen LogP contribution in [0, 0.1) is 5.41 Å². The average molecular weight is 315 g/mol. The van der Waals surface area contributed by atoms with Crippen molar-refractivity contribution in [1.82, 2.24) is 10.3 Å². The van der Waals surface area contributed by atoms with Gasteiger partial charge in [0.05, 0.1) is 0 Å². The lowest BCUT2D eigenvalue weighted by Crippen LogP contribution is -2.32. The molecule has 0 saturated heterocycles. The Kier molecular flexibility index (Phi) is 5.14. The molecule has 1 heterocycles. The van der Waals surface area contributed by atoms with Gasteiger partial charge in [0, 0.05) is 17.4 Å². The molecule has 0 spiro atoms. The zero-order valence-electron chi connectivity index (χ0n) is 10.9. The van der Waals surface area contributed by atoms with Crippen molar-refractivity contribution in [2.24, 2.45) is 5.41 Å². The molecule has 0 aliphatic rings. The Morgan fingerprint density at radius 3 is 2.67 bits per heavy atom. The van der Waals surface area contributed by atoms with E-state index in [0.717, 1.165) is 6.42 Å². The summed E-state index contributed by atoms with van der Waals surface area (Å²) in [6, 6.07) is 4.53. The van der Waals surface area contributed by atoms with Crippen LogP contribution in [0.4, 0.5) is 0 Å². The first kappa shape index (κ1) is 15.0. The summed E-state index contributed by atoms with van der Waals surface area (Å²) in [6.07, 6.45) is 0.957. The molecule has 1 amide bonds. The molecule has 4 nitrogen and oxygen atoms in total. The van der Waals surface area contributed by atoms with Gasteiger partial charge in [0.15, 0.2) is 0 Å². The number of hydrogen-bond donors (Lipinski definition) is 2. The fourth-order valence-corrected chi connectivity index (χ4v) is 2.75. The van der Waals surface area contributed by atoms with Gasteiger partial charge in [0.25, 0.3) is 5.91 Å². The number of aromatic amines is 1. The maximum atomic E-state index is 11.8. The fraction of sp³-hybridized carbons (Fsp3) is 0.538. The van der Waals surface area contributed by atoms with Crippen LogP contribution in [0.25, 0.3) is 0 Å². The number of amides is 1. The highest BCUT2D eigenvalue weighted by Crippen LogP contribution is 2.24. The van der Waals surface area contributed by atoms with E-state index in [-0.39, 0.29) is 27.4 Å². The first-order valence-electron chi connectivity index (χ1n) is 5.89. The lowest BCUT2D eigenvalue weighted by molar-refractivity contribution is 0.0947. The van der Waals surface area contributed by atoms with Crippen molar-refractivity contribution in [3.8, 4) is 0 Å². The number of hydrogen-bond acceptors (Lipinski definition) is 2. The topological polar surface area (TPSA) is 62.0 Å². The Bertz CT molecular complexity index is 463. The molecule has 0 fully saturated rings. The van der Waals surface area contributed by atoms with E-state index < -0.39 is 0 Å². The van der Waals surface area contributed by atoms with Crippen LogP contribution in [0.5, 0.6) is 0 Å². The largest absolute Gasteiger partial charge is 0.350 e. The van der Waals surface area contributed by atoms with Crippen LogP contribution in [0.15, 0.2) is 23.0 Å². The van der Waals surface area contributed by atoms with Gasteiger partial charge in [-0.25, -0.2) is 0 Å². The van der Waals surface area contributed by atoms with E-state index >= 15 is 0 Å². The normalized spacial score (nSPS) is 13.1. The first-order chi connectivity index (χ1) is 8.28. The molecule has 0 radical (unpaired) electrons. The smallest absolute Gasteiger partial charge is 0.267 e. The van der Waals surface area contributed by atoms with Crippen LogP contribution in [-0.2, 0) is 0 Å². The Morgan fingerprint density at radius 1 is 1.44 bits per heavy atom. The molecule has 1 atom stereocenters. The Balaban J connectivity index is 2.49. The number of halogens is 1. The predicted octanol–water partition coefficient (Wildman–Crippen LogP) is 2.30. The lowest BCUT2D eigenvalue weighted by atomic mass is 9.90. The number of carbonyl (C=O) groups excluding carboxylic acids is 1. The van der Waals surface area contributed by atoms with Crippen LogP contribution in [0.2, 0.25) is 0 Å². The Labute approximate surface area is 115 Å². The maximum Gasteiger partial charge on any atom is 0.267 e. The van der Waals surface area contributed by atoms with Crippen molar-refractivity contribution < 1.29 is 4.79 Å². The summed E-state index contributed by atoms with van der Waals surface area (Å²) in [5.41, 5.74) is 0.227. The number of alkyl halides is 1. The van der Waals surface area contributed by atoms with E-state index in [4.69, 9.17) is 0 Å². The van der Waals surface area contributed by atoms with E-state index in [1.165, 1.54) is 6.07 Å². The molecule has 0 saturated carbocycles. The summed E-state index contributed by atoms with van der Waals surface area (Å²) in [4.78, 5) is 25.6. The minimum absolute atomic E-state index is 0.208. The summed E-state index contributed by atoms with van der Waals surface area (Å²) >= 11 is 3.54. The summed E-state index contributed by atoms with van der Waals surface area (Å²) in [5, 5.41) is 2.79. The van der Waals surface area contributed by atoms with Crippen molar-refractivity contribution >= 4 is 21.8 Å². The van der Waals surface area contributed by atoms with Gasteiger partial charge in [-0.15, -0.1) is 0 Å². The molecule has 1 aromatic rings. The number of H-pyrrole nitrogens is 1. The van der Waals surface area contributed by atoms with Crippen LogP contribution < -0.4 is 10.9 Å². The maximum absolute atomic E-state index is 11.8. The highest BCUT2D eigenvalue weighted by Gasteiger charge is 2.17. The number of aromatic nitrogens is 1. The van der Waals surface area contributed by atoms with E-state index in [1.807, 2.05) is 0 Å². The van der Waals surface area contributed by atoms with E-state index in [1.54, 1.807) is 12.1 Å². The third-order valence-electron chi connectivity index (χ3n) is 2.33. The molecule has 0 aliphatic carbocycles. The van der Waals surface area contributed by atoms with Crippen LogP contribution in [-0.4, -0.2) is 22.3 Å².